The van der Waals surface area contributed by atoms with Crippen LogP contribution in [0.25, 0.3) is 0 Å². The summed E-state index contributed by atoms with van der Waals surface area (Å²) in [6, 6.07) is 3.10. The monoisotopic (exact) mass is 367 g/mol. The molecule has 1 aromatic carbocycles. The van der Waals surface area contributed by atoms with Gasteiger partial charge in [-0.1, -0.05) is 15.9 Å². The average molecular weight is 368 g/mol. The maximum absolute atomic E-state index is 13.0. The number of amides is 1. The third kappa shape index (κ3) is 3.55. The van der Waals surface area contributed by atoms with Gasteiger partial charge in [0.1, 0.15) is 5.54 Å². The summed E-state index contributed by atoms with van der Waals surface area (Å²) in [6.45, 7) is 2.47. The Morgan fingerprint density at radius 1 is 1.24 bits per heavy atom. The molecule has 0 bridgehead atoms. The van der Waals surface area contributed by atoms with Crippen molar-refractivity contribution in [2.24, 2.45) is 0 Å². The van der Waals surface area contributed by atoms with Crippen LogP contribution in [0.2, 0.25) is 0 Å². The summed E-state index contributed by atoms with van der Waals surface area (Å²) in [4.78, 5) is 24.1. The molecule has 1 rings (SSSR count). The number of benzene rings is 1. The zero-order valence-corrected chi connectivity index (χ0v) is 13.0. The molecule has 0 radical (unpaired) electrons. The van der Waals surface area contributed by atoms with Crippen LogP contribution in [-0.2, 0) is 11.0 Å². The molecule has 0 atom stereocenters. The zero-order chi connectivity index (χ0) is 16.6. The molecule has 0 fully saturated rings. The van der Waals surface area contributed by atoms with Gasteiger partial charge in [0.25, 0.3) is 5.91 Å². The van der Waals surface area contributed by atoms with Crippen molar-refractivity contribution < 1.29 is 27.9 Å². The molecule has 0 aromatic heterocycles. The van der Waals surface area contributed by atoms with Crippen molar-refractivity contribution in [2.45, 2.75) is 25.6 Å². The number of nitrogens with zero attached hydrogens (tertiary/aromatic N) is 1. The lowest BCUT2D eigenvalue weighted by atomic mass is 10.00. The highest BCUT2D eigenvalue weighted by molar-refractivity contribution is 9.10. The highest BCUT2D eigenvalue weighted by atomic mass is 79.9. The highest BCUT2D eigenvalue weighted by Crippen LogP contribution is 2.35. The Bertz CT molecular complexity index is 585. The second kappa shape index (κ2) is 5.67. The van der Waals surface area contributed by atoms with Crippen molar-refractivity contribution in [1.29, 1.82) is 0 Å². The minimum absolute atomic E-state index is 0.173. The molecule has 0 saturated carbocycles. The Hall–Kier alpha value is -1.57. The predicted octanol–water partition coefficient (Wildman–Crippen LogP) is 3.40. The average Bonchev–Trinajstić information content (AvgIpc) is 2.35. The van der Waals surface area contributed by atoms with Gasteiger partial charge in [-0.25, -0.2) is 4.79 Å². The van der Waals surface area contributed by atoms with E-state index in [2.05, 4.69) is 15.9 Å². The minimum Gasteiger partial charge on any atom is -0.480 e. The van der Waals surface area contributed by atoms with E-state index in [9.17, 15) is 22.8 Å². The summed E-state index contributed by atoms with van der Waals surface area (Å²) in [7, 11) is 1.15. The molecule has 1 amide bonds. The van der Waals surface area contributed by atoms with Crippen LogP contribution in [0.5, 0.6) is 0 Å². The van der Waals surface area contributed by atoms with E-state index in [1.165, 1.54) is 19.9 Å². The van der Waals surface area contributed by atoms with Gasteiger partial charge in [0.05, 0.1) is 11.1 Å². The second-order valence-corrected chi connectivity index (χ2v) is 5.83. The number of carbonyl (C=O) groups is 2. The zero-order valence-electron chi connectivity index (χ0n) is 11.5. The number of halogens is 4. The standard InChI is InChI=1S/C13H13BrF3NO3/c1-12(2,11(20)21)18(3)10(19)8-5-4-7(14)6-9(8)13(15,16)17/h4-6H,1-3H3,(H,20,21). The van der Waals surface area contributed by atoms with E-state index in [0.29, 0.717) is 0 Å². The maximum atomic E-state index is 13.0. The summed E-state index contributed by atoms with van der Waals surface area (Å²) in [5.41, 5.74) is -3.34. The van der Waals surface area contributed by atoms with Crippen LogP contribution in [0.15, 0.2) is 22.7 Å². The second-order valence-electron chi connectivity index (χ2n) is 4.92. The Balaban J connectivity index is 3.35. The number of rotatable bonds is 3. The van der Waals surface area contributed by atoms with Gasteiger partial charge >= 0.3 is 12.1 Å². The Morgan fingerprint density at radius 2 is 1.76 bits per heavy atom. The van der Waals surface area contributed by atoms with Crippen LogP contribution in [0, 0.1) is 0 Å². The van der Waals surface area contributed by atoms with Crippen molar-refractivity contribution in [3.05, 3.63) is 33.8 Å². The summed E-state index contributed by atoms with van der Waals surface area (Å²) in [5.74, 6) is -2.33. The molecule has 0 aliphatic heterocycles. The number of hydrogen-bond acceptors (Lipinski definition) is 2. The van der Waals surface area contributed by atoms with Gasteiger partial charge in [-0.2, -0.15) is 13.2 Å². The summed E-state index contributed by atoms with van der Waals surface area (Å²) >= 11 is 2.92. The van der Waals surface area contributed by atoms with Gasteiger partial charge in [0.15, 0.2) is 0 Å². The largest absolute Gasteiger partial charge is 0.480 e. The lowest BCUT2D eigenvalue weighted by Gasteiger charge is -2.32. The molecule has 8 heteroatoms. The van der Waals surface area contributed by atoms with E-state index in [1.54, 1.807) is 0 Å². The van der Waals surface area contributed by atoms with E-state index in [1.807, 2.05) is 0 Å². The van der Waals surface area contributed by atoms with E-state index >= 15 is 0 Å². The topological polar surface area (TPSA) is 57.6 Å². The SMILES string of the molecule is CN(C(=O)c1ccc(Br)cc1C(F)(F)F)C(C)(C)C(=O)O. The molecule has 4 nitrogen and oxygen atoms in total. The van der Waals surface area contributed by atoms with Crippen molar-refractivity contribution in [1.82, 2.24) is 4.90 Å². The molecule has 1 N–H and O–H groups in total. The van der Waals surface area contributed by atoms with Crippen LogP contribution in [0.4, 0.5) is 13.2 Å². The molecule has 0 heterocycles. The van der Waals surface area contributed by atoms with Crippen molar-refractivity contribution in [3.8, 4) is 0 Å². The van der Waals surface area contributed by atoms with Crippen LogP contribution < -0.4 is 0 Å². The lowest BCUT2D eigenvalue weighted by Crippen LogP contribution is -2.51. The molecular formula is C13H13BrF3NO3. The fraction of sp³-hybridized carbons (Fsp3) is 0.385. The fourth-order valence-corrected chi connectivity index (χ4v) is 1.88. The minimum atomic E-state index is -4.72. The number of carboxylic acid groups (broad SMARTS) is 1. The number of likely N-dealkylation sites (N-methyl/N-ethyl adjacent to an activating group) is 1. The van der Waals surface area contributed by atoms with Crippen LogP contribution >= 0.6 is 15.9 Å². The van der Waals surface area contributed by atoms with Crippen LogP contribution in [0.1, 0.15) is 29.8 Å². The molecule has 116 valence electrons. The Kier molecular flexibility index (Phi) is 4.72. The number of carbonyl (C=O) groups excluding carboxylic acids is 1. The molecule has 21 heavy (non-hydrogen) atoms. The van der Waals surface area contributed by atoms with Gasteiger partial charge in [-0.15, -0.1) is 0 Å². The molecule has 0 spiro atoms. The Labute approximate surface area is 127 Å². The molecule has 0 aliphatic rings. The number of aliphatic carboxylic acids is 1. The summed E-state index contributed by atoms with van der Waals surface area (Å²) < 4.78 is 39.2. The third-order valence-corrected chi connectivity index (χ3v) is 3.68. The molecular weight excluding hydrogens is 355 g/mol. The van der Waals surface area contributed by atoms with Crippen LogP contribution in [0.3, 0.4) is 0 Å². The van der Waals surface area contributed by atoms with Gasteiger partial charge in [-0.3, -0.25) is 4.79 Å². The number of hydrogen-bond donors (Lipinski definition) is 1. The number of carboxylic acids is 1. The molecule has 0 unspecified atom stereocenters. The first-order valence-corrected chi connectivity index (χ1v) is 6.56. The Morgan fingerprint density at radius 3 is 2.19 bits per heavy atom. The fourth-order valence-electron chi connectivity index (χ4n) is 1.52. The van der Waals surface area contributed by atoms with E-state index in [0.717, 1.165) is 24.1 Å². The summed E-state index contributed by atoms with van der Waals surface area (Å²) in [5, 5.41) is 9.06. The van der Waals surface area contributed by atoms with Crippen LogP contribution in [-0.4, -0.2) is 34.5 Å². The van der Waals surface area contributed by atoms with E-state index < -0.39 is 34.7 Å². The van der Waals surface area contributed by atoms with Gasteiger partial charge in [0.2, 0.25) is 0 Å². The van der Waals surface area contributed by atoms with Gasteiger partial charge < -0.3 is 10.0 Å². The van der Waals surface area contributed by atoms with Gasteiger partial charge in [0, 0.05) is 11.5 Å². The van der Waals surface area contributed by atoms with Crippen molar-refractivity contribution in [3.63, 3.8) is 0 Å². The lowest BCUT2D eigenvalue weighted by molar-refractivity contribution is -0.147. The van der Waals surface area contributed by atoms with Gasteiger partial charge in [-0.05, 0) is 32.0 Å². The first-order valence-electron chi connectivity index (χ1n) is 5.77. The molecule has 1 aromatic rings. The molecule has 0 aliphatic carbocycles. The maximum Gasteiger partial charge on any atom is 0.417 e. The first-order chi connectivity index (χ1) is 9.39. The highest BCUT2D eigenvalue weighted by Gasteiger charge is 2.40. The normalized spacial score (nSPS) is 12.1. The van der Waals surface area contributed by atoms with E-state index in [4.69, 9.17) is 5.11 Å². The third-order valence-electron chi connectivity index (χ3n) is 3.18. The molecule has 0 saturated heterocycles. The van der Waals surface area contributed by atoms with Crippen molar-refractivity contribution in [2.75, 3.05) is 7.05 Å². The summed E-state index contributed by atoms with van der Waals surface area (Å²) in [6.07, 6.45) is -4.72. The van der Waals surface area contributed by atoms with Crippen molar-refractivity contribution >= 4 is 27.8 Å². The number of alkyl halides is 3. The quantitative estimate of drug-likeness (QED) is 0.890. The predicted molar refractivity (Wildman–Crippen MR) is 73.0 cm³/mol. The van der Waals surface area contributed by atoms with E-state index in [-0.39, 0.29) is 4.47 Å². The first kappa shape index (κ1) is 17.5. The smallest absolute Gasteiger partial charge is 0.417 e.